The summed E-state index contributed by atoms with van der Waals surface area (Å²) >= 11 is 9.18. The number of carbonyl (C=O) groups excluding carboxylic acids is 1. The lowest BCUT2D eigenvalue weighted by atomic mass is 10.2. The second-order valence-electron chi connectivity index (χ2n) is 7.70. The van der Waals surface area contributed by atoms with Gasteiger partial charge in [-0.05, 0) is 31.2 Å². The molecular weight excluding hydrogens is 470 g/mol. The van der Waals surface area contributed by atoms with E-state index in [2.05, 4.69) is 5.32 Å². The average molecular weight is 492 g/mol. The summed E-state index contributed by atoms with van der Waals surface area (Å²) in [6.07, 6.45) is 3.88. The highest BCUT2D eigenvalue weighted by molar-refractivity contribution is 7.99. The number of aryl methyl sites for hydroxylation is 2. The van der Waals surface area contributed by atoms with Gasteiger partial charge in [0.25, 0.3) is 5.56 Å². The number of hydrogen-bond donors (Lipinski definition) is 1. The molecule has 2 aliphatic rings. The van der Waals surface area contributed by atoms with Crippen LogP contribution >= 0.6 is 34.7 Å². The number of nitrogens with one attached hydrogen (secondary N) is 1. The van der Waals surface area contributed by atoms with E-state index in [1.54, 1.807) is 28.0 Å². The maximum absolute atomic E-state index is 13.2. The number of rotatable bonds is 6. The maximum Gasteiger partial charge on any atom is 0.263 e. The molecule has 1 amide bonds. The number of aromatic nitrogens is 2. The van der Waals surface area contributed by atoms with Crippen molar-refractivity contribution in [1.29, 1.82) is 0 Å². The van der Waals surface area contributed by atoms with E-state index >= 15 is 0 Å². The molecule has 10 heteroatoms. The number of thioether (sulfide) groups is 1. The van der Waals surface area contributed by atoms with E-state index in [0.717, 1.165) is 35.9 Å². The van der Waals surface area contributed by atoms with Crippen LogP contribution in [-0.2, 0) is 24.2 Å². The summed E-state index contributed by atoms with van der Waals surface area (Å²) in [5, 5.41) is 4.55. The van der Waals surface area contributed by atoms with Crippen LogP contribution in [0, 0.1) is 0 Å². The molecule has 2 aromatic heterocycles. The van der Waals surface area contributed by atoms with Crippen molar-refractivity contribution in [2.24, 2.45) is 0 Å². The molecule has 0 fully saturated rings. The first-order valence-corrected chi connectivity index (χ1v) is 12.8. The normalized spacial score (nSPS) is 14.6. The van der Waals surface area contributed by atoms with Gasteiger partial charge in [0.2, 0.25) is 5.91 Å². The minimum Gasteiger partial charge on any atom is -0.486 e. The second kappa shape index (κ2) is 8.96. The number of ether oxygens (including phenoxy) is 2. The van der Waals surface area contributed by atoms with Gasteiger partial charge in [0.1, 0.15) is 18.0 Å². The Balaban J connectivity index is 1.36. The van der Waals surface area contributed by atoms with E-state index < -0.39 is 0 Å². The van der Waals surface area contributed by atoms with Crippen molar-refractivity contribution >= 4 is 56.5 Å². The number of amides is 1. The number of fused-ring (bicyclic) bond motifs is 4. The van der Waals surface area contributed by atoms with E-state index in [0.29, 0.717) is 47.1 Å². The standard InChI is InChI=1S/C22H22ClN3O4S2/c1-2-6-26-21(28)19-12-4-3-5-17(12)32-20(19)25-22(26)31-11-18(27)24-14-10-16-15(9-13(14)23)29-7-8-30-16/h9-10H,2-8,11H2,1H3,(H,24,27). The summed E-state index contributed by atoms with van der Waals surface area (Å²) in [4.78, 5) is 32.7. The monoisotopic (exact) mass is 491 g/mol. The van der Waals surface area contributed by atoms with Gasteiger partial charge in [-0.2, -0.15) is 0 Å². The molecule has 1 aliphatic carbocycles. The van der Waals surface area contributed by atoms with Gasteiger partial charge in [-0.3, -0.25) is 14.2 Å². The molecule has 1 aliphatic heterocycles. The van der Waals surface area contributed by atoms with Crippen LogP contribution in [0.5, 0.6) is 11.5 Å². The van der Waals surface area contributed by atoms with Crippen molar-refractivity contribution in [3.05, 3.63) is 37.9 Å². The Morgan fingerprint density at radius 1 is 1.28 bits per heavy atom. The number of thiophene rings is 1. The zero-order chi connectivity index (χ0) is 22.2. The van der Waals surface area contributed by atoms with Gasteiger partial charge in [0.15, 0.2) is 16.7 Å². The van der Waals surface area contributed by atoms with E-state index in [1.165, 1.54) is 22.2 Å². The lowest BCUT2D eigenvalue weighted by Crippen LogP contribution is -2.24. The van der Waals surface area contributed by atoms with Gasteiger partial charge >= 0.3 is 0 Å². The Morgan fingerprint density at radius 2 is 2.06 bits per heavy atom. The first-order chi connectivity index (χ1) is 15.5. The quantitative estimate of drug-likeness (QED) is 0.403. The Bertz CT molecular complexity index is 1270. The third-order valence-electron chi connectivity index (χ3n) is 5.48. The second-order valence-corrected chi connectivity index (χ2v) is 10.1. The predicted molar refractivity (Wildman–Crippen MR) is 128 cm³/mol. The van der Waals surface area contributed by atoms with Gasteiger partial charge in [-0.25, -0.2) is 4.98 Å². The third kappa shape index (κ3) is 3.97. The predicted octanol–water partition coefficient (Wildman–Crippen LogP) is 4.51. The molecule has 3 heterocycles. The molecule has 0 spiro atoms. The first-order valence-electron chi connectivity index (χ1n) is 10.6. The summed E-state index contributed by atoms with van der Waals surface area (Å²) in [5.41, 5.74) is 1.65. The number of anilines is 1. The fourth-order valence-electron chi connectivity index (χ4n) is 4.07. The first kappa shape index (κ1) is 21.6. The van der Waals surface area contributed by atoms with Gasteiger partial charge in [-0.1, -0.05) is 30.3 Å². The van der Waals surface area contributed by atoms with Crippen molar-refractivity contribution < 1.29 is 14.3 Å². The molecule has 1 aromatic carbocycles. The van der Waals surface area contributed by atoms with Crippen molar-refractivity contribution in [2.75, 3.05) is 24.3 Å². The topological polar surface area (TPSA) is 82.5 Å². The molecule has 0 saturated carbocycles. The van der Waals surface area contributed by atoms with Crippen molar-refractivity contribution in [3.63, 3.8) is 0 Å². The van der Waals surface area contributed by atoms with Gasteiger partial charge in [0.05, 0.1) is 21.8 Å². The summed E-state index contributed by atoms with van der Waals surface area (Å²) in [5.74, 6) is 0.993. The Kier molecular flexibility index (Phi) is 6.05. The summed E-state index contributed by atoms with van der Waals surface area (Å²) in [6.45, 7) is 3.52. The lowest BCUT2D eigenvalue weighted by molar-refractivity contribution is -0.113. The fraction of sp³-hybridized carbons (Fsp3) is 0.409. The highest BCUT2D eigenvalue weighted by Gasteiger charge is 2.23. The highest BCUT2D eigenvalue weighted by atomic mass is 35.5. The van der Waals surface area contributed by atoms with Crippen LogP contribution in [-0.4, -0.2) is 34.4 Å². The smallest absolute Gasteiger partial charge is 0.263 e. The summed E-state index contributed by atoms with van der Waals surface area (Å²) in [6, 6.07) is 3.31. The molecule has 5 rings (SSSR count). The van der Waals surface area contributed by atoms with Crippen LogP contribution in [0.1, 0.15) is 30.2 Å². The van der Waals surface area contributed by atoms with E-state index in [1.807, 2.05) is 6.92 Å². The summed E-state index contributed by atoms with van der Waals surface area (Å²) < 4.78 is 12.8. The number of halogens is 1. The molecule has 3 aromatic rings. The molecule has 168 valence electrons. The van der Waals surface area contributed by atoms with Crippen LogP contribution in [0.2, 0.25) is 5.02 Å². The third-order valence-corrected chi connectivity index (χ3v) is 7.95. The van der Waals surface area contributed by atoms with Crippen molar-refractivity contribution in [3.8, 4) is 11.5 Å². The van der Waals surface area contributed by atoms with E-state index in [-0.39, 0.29) is 17.2 Å². The van der Waals surface area contributed by atoms with Crippen molar-refractivity contribution in [2.45, 2.75) is 44.3 Å². The van der Waals surface area contributed by atoms with Crippen LogP contribution in [0.25, 0.3) is 10.2 Å². The molecule has 0 unspecified atom stereocenters. The molecule has 1 N–H and O–H groups in total. The largest absolute Gasteiger partial charge is 0.486 e. The number of benzene rings is 1. The molecule has 0 atom stereocenters. The average Bonchev–Trinajstić information content (AvgIpc) is 3.36. The summed E-state index contributed by atoms with van der Waals surface area (Å²) in [7, 11) is 0. The SMILES string of the molecule is CCCn1c(SCC(=O)Nc2cc3c(cc2Cl)OCCO3)nc2sc3c(c2c1=O)CCC3. The minimum absolute atomic E-state index is 0.00837. The maximum atomic E-state index is 13.2. The van der Waals surface area contributed by atoms with Crippen LogP contribution < -0.4 is 20.3 Å². The van der Waals surface area contributed by atoms with Crippen molar-refractivity contribution in [1.82, 2.24) is 9.55 Å². The molecule has 32 heavy (non-hydrogen) atoms. The zero-order valence-electron chi connectivity index (χ0n) is 17.5. The van der Waals surface area contributed by atoms with Gasteiger partial charge in [0, 0.05) is 23.6 Å². The van der Waals surface area contributed by atoms with Crippen LogP contribution in [0.4, 0.5) is 5.69 Å². The molecule has 7 nitrogen and oxygen atoms in total. The number of nitrogens with zero attached hydrogens (tertiary/aromatic N) is 2. The van der Waals surface area contributed by atoms with Gasteiger partial charge in [-0.15, -0.1) is 11.3 Å². The Labute approximate surface area is 198 Å². The molecule has 0 saturated heterocycles. The van der Waals surface area contributed by atoms with Crippen LogP contribution in [0.3, 0.4) is 0 Å². The Morgan fingerprint density at radius 3 is 2.84 bits per heavy atom. The Hall–Kier alpha value is -2.23. The zero-order valence-corrected chi connectivity index (χ0v) is 19.9. The van der Waals surface area contributed by atoms with E-state index in [9.17, 15) is 9.59 Å². The minimum atomic E-state index is -0.236. The van der Waals surface area contributed by atoms with Crippen LogP contribution in [0.15, 0.2) is 22.1 Å². The molecule has 0 radical (unpaired) electrons. The lowest BCUT2D eigenvalue weighted by Gasteiger charge is -2.20. The number of carbonyl (C=O) groups is 1. The molecule has 0 bridgehead atoms. The van der Waals surface area contributed by atoms with Gasteiger partial charge < -0.3 is 14.8 Å². The van der Waals surface area contributed by atoms with E-state index in [4.69, 9.17) is 26.1 Å². The fourth-order valence-corrected chi connectivity index (χ4v) is 6.39. The molecular formula is C22H22ClN3O4S2. The number of hydrogen-bond acceptors (Lipinski definition) is 7. The highest BCUT2D eigenvalue weighted by Crippen LogP contribution is 2.38.